The molecule has 0 spiro atoms. The van der Waals surface area contributed by atoms with Gasteiger partial charge in [-0.1, -0.05) is 18.2 Å². The third-order valence-corrected chi connectivity index (χ3v) is 4.40. The SMILES string of the molecule is Cn1ncc2c(N3CCN(C(=O)Nc4ccccc4)CC3)ncnc21. The third kappa shape index (κ3) is 2.98. The number of amides is 2. The number of benzene rings is 1. The maximum absolute atomic E-state index is 12.4. The first kappa shape index (κ1) is 15.4. The van der Waals surface area contributed by atoms with Crippen LogP contribution in [-0.4, -0.2) is 56.9 Å². The van der Waals surface area contributed by atoms with E-state index in [9.17, 15) is 4.79 Å². The lowest BCUT2D eigenvalue weighted by atomic mass is 10.3. The van der Waals surface area contributed by atoms with Gasteiger partial charge in [-0.15, -0.1) is 0 Å². The van der Waals surface area contributed by atoms with E-state index in [-0.39, 0.29) is 6.03 Å². The van der Waals surface area contributed by atoms with Crippen LogP contribution in [0.4, 0.5) is 16.3 Å². The molecule has 25 heavy (non-hydrogen) atoms. The minimum absolute atomic E-state index is 0.0694. The van der Waals surface area contributed by atoms with Crippen LogP contribution < -0.4 is 10.2 Å². The van der Waals surface area contributed by atoms with E-state index in [0.29, 0.717) is 13.1 Å². The third-order valence-electron chi connectivity index (χ3n) is 4.40. The Morgan fingerprint density at radius 1 is 1.08 bits per heavy atom. The van der Waals surface area contributed by atoms with Crippen molar-refractivity contribution in [3.8, 4) is 0 Å². The summed E-state index contributed by atoms with van der Waals surface area (Å²) in [5.41, 5.74) is 1.62. The molecule has 0 aliphatic carbocycles. The van der Waals surface area contributed by atoms with Gasteiger partial charge in [0.25, 0.3) is 0 Å². The Labute approximate surface area is 145 Å². The number of rotatable bonds is 2. The number of carbonyl (C=O) groups is 1. The van der Waals surface area contributed by atoms with Crippen molar-refractivity contribution < 1.29 is 4.79 Å². The van der Waals surface area contributed by atoms with Crippen LogP contribution in [-0.2, 0) is 7.05 Å². The summed E-state index contributed by atoms with van der Waals surface area (Å²) in [6.07, 6.45) is 3.35. The van der Waals surface area contributed by atoms with Gasteiger partial charge in [-0.05, 0) is 12.1 Å². The number of aromatic nitrogens is 4. The quantitative estimate of drug-likeness (QED) is 0.770. The normalized spacial score (nSPS) is 14.8. The zero-order valence-corrected chi connectivity index (χ0v) is 14.0. The molecule has 1 fully saturated rings. The number of piperazine rings is 1. The molecule has 0 unspecified atom stereocenters. The van der Waals surface area contributed by atoms with Crippen LogP contribution in [0.1, 0.15) is 0 Å². The lowest BCUT2D eigenvalue weighted by Gasteiger charge is -2.35. The molecule has 1 aliphatic rings. The van der Waals surface area contributed by atoms with Gasteiger partial charge >= 0.3 is 6.03 Å². The fraction of sp³-hybridized carbons (Fsp3) is 0.294. The van der Waals surface area contributed by atoms with E-state index in [1.54, 1.807) is 17.2 Å². The lowest BCUT2D eigenvalue weighted by Crippen LogP contribution is -2.50. The number of nitrogens with one attached hydrogen (secondary N) is 1. The fourth-order valence-corrected chi connectivity index (χ4v) is 3.05. The van der Waals surface area contributed by atoms with Crippen LogP contribution in [0, 0.1) is 0 Å². The molecule has 1 saturated heterocycles. The van der Waals surface area contributed by atoms with Gasteiger partial charge < -0.3 is 15.1 Å². The van der Waals surface area contributed by atoms with E-state index in [0.717, 1.165) is 35.6 Å². The van der Waals surface area contributed by atoms with Crippen LogP contribution in [0.25, 0.3) is 11.0 Å². The Kier molecular flexibility index (Phi) is 3.93. The summed E-state index contributed by atoms with van der Waals surface area (Å²) in [6, 6.07) is 9.43. The molecule has 2 aromatic heterocycles. The summed E-state index contributed by atoms with van der Waals surface area (Å²) in [7, 11) is 1.87. The molecule has 0 atom stereocenters. The Morgan fingerprint density at radius 3 is 2.60 bits per heavy atom. The van der Waals surface area contributed by atoms with Crippen molar-refractivity contribution in [2.24, 2.45) is 7.05 Å². The van der Waals surface area contributed by atoms with Gasteiger partial charge in [0, 0.05) is 38.9 Å². The number of fused-ring (bicyclic) bond motifs is 1. The number of anilines is 2. The van der Waals surface area contributed by atoms with Gasteiger partial charge in [-0.3, -0.25) is 4.68 Å². The van der Waals surface area contributed by atoms with Gasteiger partial charge in [0.2, 0.25) is 0 Å². The van der Waals surface area contributed by atoms with Gasteiger partial charge in [0.05, 0.1) is 11.6 Å². The smallest absolute Gasteiger partial charge is 0.321 e. The Hall–Kier alpha value is -3.16. The molecule has 3 aromatic rings. The molecular weight excluding hydrogens is 318 g/mol. The predicted octanol–water partition coefficient (Wildman–Crippen LogP) is 1.72. The molecule has 0 saturated carbocycles. The van der Waals surface area contributed by atoms with Crippen LogP contribution in [0.5, 0.6) is 0 Å². The predicted molar refractivity (Wildman–Crippen MR) is 95.6 cm³/mol. The molecule has 128 valence electrons. The molecule has 1 aliphatic heterocycles. The van der Waals surface area contributed by atoms with Gasteiger partial charge in [-0.25, -0.2) is 14.8 Å². The van der Waals surface area contributed by atoms with E-state index in [1.807, 2.05) is 42.3 Å². The molecule has 0 bridgehead atoms. The van der Waals surface area contributed by atoms with E-state index in [1.165, 1.54) is 0 Å². The number of urea groups is 1. The standard InChI is InChI=1S/C17H19N7O/c1-22-15-14(11-20-22)16(19-12-18-15)23-7-9-24(10-8-23)17(25)21-13-5-3-2-4-6-13/h2-6,11-12H,7-10H2,1H3,(H,21,25). The van der Waals surface area contributed by atoms with E-state index in [4.69, 9.17) is 0 Å². The van der Waals surface area contributed by atoms with Crippen LogP contribution in [0.2, 0.25) is 0 Å². The van der Waals surface area contributed by atoms with Gasteiger partial charge in [0.15, 0.2) is 5.65 Å². The first-order chi connectivity index (χ1) is 12.2. The number of hydrogen-bond donors (Lipinski definition) is 1. The highest BCUT2D eigenvalue weighted by atomic mass is 16.2. The van der Waals surface area contributed by atoms with Crippen molar-refractivity contribution in [2.45, 2.75) is 0 Å². The summed E-state index contributed by atoms with van der Waals surface area (Å²) < 4.78 is 1.74. The molecule has 3 heterocycles. The second kappa shape index (κ2) is 6.39. The maximum atomic E-state index is 12.4. The van der Waals surface area contributed by atoms with Crippen molar-refractivity contribution >= 4 is 28.6 Å². The van der Waals surface area contributed by atoms with Crippen molar-refractivity contribution in [3.63, 3.8) is 0 Å². The molecular formula is C17H19N7O. The first-order valence-electron chi connectivity index (χ1n) is 8.21. The summed E-state index contributed by atoms with van der Waals surface area (Å²) >= 11 is 0. The highest BCUT2D eigenvalue weighted by Crippen LogP contribution is 2.23. The molecule has 1 N–H and O–H groups in total. The number of hydrogen-bond acceptors (Lipinski definition) is 5. The monoisotopic (exact) mass is 337 g/mol. The number of carbonyl (C=O) groups excluding carboxylic acids is 1. The number of aryl methyl sites for hydroxylation is 1. The average Bonchev–Trinajstić information content (AvgIpc) is 3.04. The number of para-hydroxylation sites is 1. The van der Waals surface area contributed by atoms with Crippen LogP contribution in [0.15, 0.2) is 42.9 Å². The first-order valence-corrected chi connectivity index (χ1v) is 8.21. The van der Waals surface area contributed by atoms with Gasteiger partial charge in [-0.2, -0.15) is 5.10 Å². The van der Waals surface area contributed by atoms with Crippen molar-refractivity contribution in [3.05, 3.63) is 42.9 Å². The van der Waals surface area contributed by atoms with Crippen LogP contribution in [0.3, 0.4) is 0 Å². The largest absolute Gasteiger partial charge is 0.352 e. The van der Waals surface area contributed by atoms with E-state index >= 15 is 0 Å². The minimum atomic E-state index is -0.0694. The van der Waals surface area contributed by atoms with Crippen molar-refractivity contribution in [1.29, 1.82) is 0 Å². The van der Waals surface area contributed by atoms with E-state index in [2.05, 4.69) is 25.3 Å². The fourth-order valence-electron chi connectivity index (χ4n) is 3.05. The van der Waals surface area contributed by atoms with Gasteiger partial charge in [0.1, 0.15) is 12.1 Å². The highest BCUT2D eigenvalue weighted by Gasteiger charge is 2.23. The second-order valence-corrected chi connectivity index (χ2v) is 5.97. The van der Waals surface area contributed by atoms with Crippen molar-refractivity contribution in [1.82, 2.24) is 24.6 Å². The van der Waals surface area contributed by atoms with Crippen LogP contribution >= 0.6 is 0 Å². The van der Waals surface area contributed by atoms with E-state index < -0.39 is 0 Å². The second-order valence-electron chi connectivity index (χ2n) is 5.97. The molecule has 4 rings (SSSR count). The minimum Gasteiger partial charge on any atom is -0.352 e. The Bertz CT molecular complexity index is 884. The zero-order valence-electron chi connectivity index (χ0n) is 14.0. The summed E-state index contributed by atoms with van der Waals surface area (Å²) in [4.78, 5) is 25.1. The molecule has 8 nitrogen and oxygen atoms in total. The van der Waals surface area contributed by atoms with Crippen molar-refractivity contribution in [2.75, 3.05) is 36.4 Å². The Morgan fingerprint density at radius 2 is 1.84 bits per heavy atom. The highest BCUT2D eigenvalue weighted by molar-refractivity contribution is 5.90. The number of nitrogens with zero attached hydrogens (tertiary/aromatic N) is 6. The Balaban J connectivity index is 1.43. The molecule has 1 aromatic carbocycles. The molecule has 8 heteroatoms. The summed E-state index contributed by atoms with van der Waals surface area (Å²) in [5.74, 6) is 0.876. The topological polar surface area (TPSA) is 79.2 Å². The molecule has 2 amide bonds. The lowest BCUT2D eigenvalue weighted by molar-refractivity contribution is 0.208. The maximum Gasteiger partial charge on any atom is 0.321 e. The zero-order chi connectivity index (χ0) is 17.2. The average molecular weight is 337 g/mol. The summed E-state index contributed by atoms with van der Waals surface area (Å²) in [6.45, 7) is 2.74. The molecule has 0 radical (unpaired) electrons. The summed E-state index contributed by atoms with van der Waals surface area (Å²) in [5, 5.41) is 8.12.